The SMILES string of the molecule is CC(C)(C)C1CCC(Oc2ccc3cc(CNCCCC(=O)O)ccc3c2C(F)(F)F)CC1.CCOC(=O)CCCNCc1ccc2c(C(F)(F)F)c(OC3CCC(C(C)(C)C)CC3)ccc2c1. The van der Waals surface area contributed by atoms with Gasteiger partial charge in [-0.2, -0.15) is 26.3 Å². The maximum atomic E-state index is 14.1. The molecule has 0 radical (unpaired) electrons. The van der Waals surface area contributed by atoms with Crippen LogP contribution in [0, 0.1) is 22.7 Å². The largest absolute Gasteiger partial charge is 0.490 e. The molecule has 376 valence electrons. The van der Waals surface area contributed by atoms with E-state index in [2.05, 4.69) is 52.2 Å². The standard InChI is InChI=1S/C28H38F3NO3.C26H34F3NO3/c1-5-34-25(33)7-6-16-32-18-19-8-14-23-20(17-19)9-15-24(26(23)28(29,30)31)35-22-12-10-21(11-13-22)27(2,3)4;1-25(2,3)19-8-10-20(11-9-19)33-22-13-7-18-15-17(16-30-14-4-5-23(31)32)6-12-21(18)24(22)26(27,28)29/h8-9,14-15,17,21-22,32H,5-7,10-13,16,18H2,1-4H3;6-7,12-13,15,19-20,30H,4-5,8-11,14,16H2,1-3H3,(H,31,32). The summed E-state index contributed by atoms with van der Waals surface area (Å²) in [6.45, 7) is 17.6. The van der Waals surface area contributed by atoms with Crippen molar-refractivity contribution in [2.45, 2.75) is 163 Å². The van der Waals surface area contributed by atoms with E-state index in [1.54, 1.807) is 43.3 Å². The molecule has 0 amide bonds. The number of carboxylic acid groups (broad SMARTS) is 1. The van der Waals surface area contributed by atoms with E-state index in [1.165, 1.54) is 24.3 Å². The van der Waals surface area contributed by atoms with Crippen molar-refractivity contribution in [2.24, 2.45) is 22.7 Å². The molecule has 0 saturated heterocycles. The van der Waals surface area contributed by atoms with Gasteiger partial charge in [0.25, 0.3) is 0 Å². The molecule has 68 heavy (non-hydrogen) atoms. The summed E-state index contributed by atoms with van der Waals surface area (Å²) in [5.74, 6) is -0.101. The van der Waals surface area contributed by atoms with E-state index in [0.29, 0.717) is 74.7 Å². The Balaban J connectivity index is 0.000000255. The van der Waals surface area contributed by atoms with Crippen LogP contribution in [0.25, 0.3) is 21.5 Å². The maximum absolute atomic E-state index is 14.1. The fourth-order valence-electron chi connectivity index (χ4n) is 9.59. The van der Waals surface area contributed by atoms with Gasteiger partial charge in [-0.1, -0.05) is 77.9 Å². The molecule has 0 aromatic heterocycles. The minimum Gasteiger partial charge on any atom is -0.490 e. The van der Waals surface area contributed by atoms with Crippen LogP contribution < -0.4 is 20.1 Å². The van der Waals surface area contributed by atoms with Crippen LogP contribution in [0.5, 0.6) is 11.5 Å². The number of rotatable bonds is 17. The number of halogens is 6. The van der Waals surface area contributed by atoms with E-state index < -0.39 is 29.4 Å². The Morgan fingerprint density at radius 3 is 1.34 bits per heavy atom. The van der Waals surface area contributed by atoms with E-state index in [-0.39, 0.29) is 57.7 Å². The van der Waals surface area contributed by atoms with Gasteiger partial charge in [-0.05, 0) is 164 Å². The number of aliphatic carboxylic acids is 1. The Kier molecular flexibility index (Phi) is 19.1. The summed E-state index contributed by atoms with van der Waals surface area (Å²) in [6, 6.07) is 16.3. The van der Waals surface area contributed by atoms with Crippen LogP contribution in [0.2, 0.25) is 0 Å². The zero-order chi connectivity index (χ0) is 49.9. The Morgan fingerprint density at radius 1 is 0.588 bits per heavy atom. The Bertz CT molecular complexity index is 2270. The average molecular weight is 959 g/mol. The first-order chi connectivity index (χ1) is 31.9. The van der Waals surface area contributed by atoms with Gasteiger partial charge in [0, 0.05) is 25.9 Å². The number of benzene rings is 4. The smallest absolute Gasteiger partial charge is 0.420 e. The van der Waals surface area contributed by atoms with Gasteiger partial charge >= 0.3 is 24.3 Å². The summed E-state index contributed by atoms with van der Waals surface area (Å²) >= 11 is 0. The number of hydrogen-bond acceptors (Lipinski definition) is 7. The fourth-order valence-corrected chi connectivity index (χ4v) is 9.59. The van der Waals surface area contributed by atoms with Crippen molar-refractivity contribution in [3.05, 3.63) is 82.9 Å². The second kappa shape index (κ2) is 23.8. The van der Waals surface area contributed by atoms with Gasteiger partial charge in [-0.15, -0.1) is 0 Å². The normalized spacial score (nSPS) is 19.3. The first-order valence-corrected chi connectivity index (χ1v) is 24.3. The summed E-state index contributed by atoms with van der Waals surface area (Å²) in [4.78, 5) is 22.0. The third-order valence-corrected chi connectivity index (χ3v) is 13.5. The highest BCUT2D eigenvalue weighted by atomic mass is 19.4. The highest BCUT2D eigenvalue weighted by Gasteiger charge is 2.40. The molecule has 6 rings (SSSR count). The zero-order valence-corrected chi connectivity index (χ0v) is 40.9. The lowest BCUT2D eigenvalue weighted by atomic mass is 9.72. The number of carbonyl (C=O) groups is 2. The lowest BCUT2D eigenvalue weighted by Crippen LogP contribution is -2.31. The Hall–Kier alpha value is -4.56. The molecular formula is C54H72F6N2O6. The van der Waals surface area contributed by atoms with Crippen LogP contribution in [-0.2, 0) is 39.8 Å². The molecule has 2 fully saturated rings. The summed E-state index contributed by atoms with van der Waals surface area (Å²) in [5.41, 5.74) is 0.740. The molecule has 0 heterocycles. The van der Waals surface area contributed by atoms with Crippen molar-refractivity contribution in [3.8, 4) is 11.5 Å². The number of esters is 1. The minimum absolute atomic E-state index is 0.0750. The number of nitrogens with one attached hydrogen (secondary N) is 2. The van der Waals surface area contributed by atoms with E-state index in [1.807, 2.05) is 0 Å². The molecule has 0 aliphatic heterocycles. The zero-order valence-electron chi connectivity index (χ0n) is 40.9. The number of carbonyl (C=O) groups excluding carboxylic acids is 1. The third-order valence-electron chi connectivity index (χ3n) is 13.5. The number of hydrogen-bond donors (Lipinski definition) is 3. The van der Waals surface area contributed by atoms with Gasteiger partial charge in [0.05, 0.1) is 18.8 Å². The van der Waals surface area contributed by atoms with E-state index >= 15 is 0 Å². The van der Waals surface area contributed by atoms with E-state index in [9.17, 15) is 35.9 Å². The van der Waals surface area contributed by atoms with Crippen molar-refractivity contribution < 1.29 is 55.2 Å². The fraction of sp³-hybridized carbons (Fsp3) is 0.593. The lowest BCUT2D eigenvalue weighted by molar-refractivity contribution is -0.143. The molecule has 14 heteroatoms. The van der Waals surface area contributed by atoms with Crippen LogP contribution in [0.1, 0.15) is 148 Å². The second-order valence-corrected chi connectivity index (χ2v) is 20.7. The second-order valence-electron chi connectivity index (χ2n) is 20.7. The molecule has 4 aromatic carbocycles. The molecule has 0 atom stereocenters. The summed E-state index contributed by atoms with van der Waals surface area (Å²) < 4.78 is 101. The van der Waals surface area contributed by atoms with Gasteiger partial charge < -0.3 is 30.0 Å². The lowest BCUT2D eigenvalue weighted by Gasteiger charge is -2.37. The van der Waals surface area contributed by atoms with Gasteiger partial charge in [-0.3, -0.25) is 9.59 Å². The highest BCUT2D eigenvalue weighted by Crippen LogP contribution is 2.46. The summed E-state index contributed by atoms with van der Waals surface area (Å²) in [5, 5.41) is 16.4. The van der Waals surface area contributed by atoms with Crippen LogP contribution in [0.4, 0.5) is 26.3 Å². The van der Waals surface area contributed by atoms with Crippen molar-refractivity contribution in [1.82, 2.24) is 10.6 Å². The van der Waals surface area contributed by atoms with Crippen molar-refractivity contribution in [2.75, 3.05) is 19.7 Å². The molecule has 0 spiro atoms. The van der Waals surface area contributed by atoms with Gasteiger partial charge in [0.1, 0.15) is 22.6 Å². The van der Waals surface area contributed by atoms with E-state index in [0.717, 1.165) is 62.5 Å². The van der Waals surface area contributed by atoms with Gasteiger partial charge in [0.15, 0.2) is 0 Å². The Morgan fingerprint density at radius 2 is 0.985 bits per heavy atom. The molecule has 8 nitrogen and oxygen atoms in total. The number of ether oxygens (including phenoxy) is 3. The minimum atomic E-state index is -4.52. The van der Waals surface area contributed by atoms with Crippen LogP contribution in [0.3, 0.4) is 0 Å². The van der Waals surface area contributed by atoms with E-state index in [4.69, 9.17) is 19.3 Å². The number of alkyl halides is 6. The number of carboxylic acids is 1. The molecule has 0 unspecified atom stereocenters. The van der Waals surface area contributed by atoms with Crippen LogP contribution in [0.15, 0.2) is 60.7 Å². The third kappa shape index (κ3) is 16.0. The van der Waals surface area contributed by atoms with Crippen molar-refractivity contribution in [1.29, 1.82) is 0 Å². The summed E-state index contributed by atoms with van der Waals surface area (Å²) in [7, 11) is 0. The van der Waals surface area contributed by atoms with Gasteiger partial charge in [0.2, 0.25) is 0 Å². The van der Waals surface area contributed by atoms with Crippen molar-refractivity contribution >= 4 is 33.5 Å². The maximum Gasteiger partial charge on any atom is 0.420 e. The average Bonchev–Trinajstić information content (AvgIpc) is 3.25. The predicted molar refractivity (Wildman–Crippen MR) is 256 cm³/mol. The van der Waals surface area contributed by atoms with Crippen molar-refractivity contribution in [3.63, 3.8) is 0 Å². The molecule has 2 aliphatic rings. The first kappa shape index (κ1) is 54.4. The molecule has 4 aromatic rings. The summed E-state index contributed by atoms with van der Waals surface area (Å²) in [6.07, 6.45) is -0.892. The molecular weight excluding hydrogens is 887 g/mol. The first-order valence-electron chi connectivity index (χ1n) is 24.3. The monoisotopic (exact) mass is 959 g/mol. The molecule has 2 aliphatic carbocycles. The Labute approximate surface area is 398 Å². The van der Waals surface area contributed by atoms with Gasteiger partial charge in [-0.25, -0.2) is 0 Å². The quantitative estimate of drug-likeness (QED) is 0.0546. The molecule has 0 bridgehead atoms. The highest BCUT2D eigenvalue weighted by molar-refractivity contribution is 5.90. The topological polar surface area (TPSA) is 106 Å². The van der Waals surface area contributed by atoms with Crippen LogP contribution >= 0.6 is 0 Å². The predicted octanol–water partition coefficient (Wildman–Crippen LogP) is 14.1. The van der Waals surface area contributed by atoms with Crippen LogP contribution in [-0.4, -0.2) is 48.9 Å². The number of fused-ring (bicyclic) bond motifs is 2. The molecule has 3 N–H and O–H groups in total. The molecule has 2 saturated carbocycles.